The summed E-state index contributed by atoms with van der Waals surface area (Å²) in [5.74, 6) is 0. The van der Waals surface area contributed by atoms with Gasteiger partial charge in [0.25, 0.3) is 0 Å². The molecule has 0 spiro atoms. The Morgan fingerprint density at radius 2 is 1.89 bits per heavy atom. The van der Waals surface area contributed by atoms with Crippen molar-refractivity contribution in [2.45, 2.75) is 26.9 Å². The molecule has 2 rings (SSSR count). The lowest BCUT2D eigenvalue weighted by molar-refractivity contribution is 0.123. The molecule has 3 heteroatoms. The minimum absolute atomic E-state index is 0.680. The van der Waals surface area contributed by atoms with Gasteiger partial charge >= 0.3 is 0 Å². The zero-order valence-electron chi connectivity index (χ0n) is 11.3. The van der Waals surface area contributed by atoms with Crippen LogP contribution in [0.3, 0.4) is 0 Å². The number of hydrogen-bond donors (Lipinski definition) is 0. The van der Waals surface area contributed by atoms with E-state index >= 15 is 0 Å². The maximum Gasteiger partial charge on any atom is 0.0717 e. The van der Waals surface area contributed by atoms with E-state index in [0.717, 1.165) is 18.7 Å². The molecule has 0 unspecified atom stereocenters. The van der Waals surface area contributed by atoms with Crippen molar-refractivity contribution in [3.63, 3.8) is 0 Å². The third-order valence-corrected chi connectivity index (χ3v) is 3.27. The lowest BCUT2D eigenvalue weighted by atomic mass is 10.1. The molecule has 2 aromatic rings. The summed E-state index contributed by atoms with van der Waals surface area (Å²) in [6, 6.07) is 10.3. The van der Waals surface area contributed by atoms with Gasteiger partial charge in [0.15, 0.2) is 0 Å². The van der Waals surface area contributed by atoms with Gasteiger partial charge in [0, 0.05) is 12.7 Å². The van der Waals surface area contributed by atoms with Crippen LogP contribution in [0.4, 0.5) is 0 Å². The van der Waals surface area contributed by atoms with Crippen molar-refractivity contribution in [3.8, 4) is 0 Å². The smallest absolute Gasteiger partial charge is 0.0717 e. The van der Waals surface area contributed by atoms with Crippen molar-refractivity contribution in [2.75, 3.05) is 6.61 Å². The quantitative estimate of drug-likeness (QED) is 0.756. The van der Waals surface area contributed by atoms with Crippen molar-refractivity contribution in [1.29, 1.82) is 0 Å². The fourth-order valence-corrected chi connectivity index (χ4v) is 2.12. The fraction of sp³-hybridized carbons (Fsp3) is 0.400. The van der Waals surface area contributed by atoms with Crippen LogP contribution in [0.15, 0.2) is 30.3 Å². The summed E-state index contributed by atoms with van der Waals surface area (Å²) >= 11 is 0. The van der Waals surface area contributed by atoms with Gasteiger partial charge in [-0.1, -0.05) is 30.3 Å². The molecule has 0 atom stereocenters. The second-order valence-electron chi connectivity index (χ2n) is 4.56. The Morgan fingerprint density at radius 3 is 2.50 bits per heavy atom. The Bertz CT molecular complexity index is 503. The molecule has 3 nitrogen and oxygen atoms in total. The zero-order chi connectivity index (χ0) is 13.0. The van der Waals surface area contributed by atoms with E-state index in [0.29, 0.717) is 6.61 Å². The number of hydrogen-bond acceptors (Lipinski definition) is 2. The van der Waals surface area contributed by atoms with Crippen LogP contribution >= 0.6 is 0 Å². The number of aryl methyl sites for hydroxylation is 2. The van der Waals surface area contributed by atoms with Gasteiger partial charge < -0.3 is 4.74 Å². The van der Waals surface area contributed by atoms with Gasteiger partial charge in [-0.25, -0.2) is 0 Å². The predicted molar refractivity (Wildman–Crippen MR) is 72.5 cm³/mol. The Labute approximate surface area is 108 Å². The molecule has 1 heterocycles. The molecule has 0 radical (unpaired) electrons. The molecule has 0 saturated carbocycles. The predicted octanol–water partition coefficient (Wildman–Crippen LogP) is 2.80. The van der Waals surface area contributed by atoms with E-state index in [-0.39, 0.29) is 0 Å². The molecule has 0 N–H and O–H groups in total. The van der Waals surface area contributed by atoms with E-state index in [1.54, 1.807) is 0 Å². The van der Waals surface area contributed by atoms with Crippen LogP contribution in [0.25, 0.3) is 0 Å². The number of benzene rings is 1. The largest absolute Gasteiger partial charge is 0.376 e. The molecule has 0 aliphatic rings. The normalized spacial score (nSPS) is 10.8. The average molecular weight is 244 g/mol. The molecular formula is C15H20N2O. The van der Waals surface area contributed by atoms with Crippen molar-refractivity contribution < 1.29 is 4.74 Å². The highest BCUT2D eigenvalue weighted by Gasteiger charge is 2.08. The minimum Gasteiger partial charge on any atom is -0.376 e. The Balaban J connectivity index is 1.82. The SMILES string of the molecule is Cc1nn(C)c(C)c1CCOCc1ccccc1. The number of aromatic nitrogens is 2. The molecule has 0 aliphatic carbocycles. The van der Waals surface area contributed by atoms with Crippen molar-refractivity contribution in [2.24, 2.45) is 7.05 Å². The number of rotatable bonds is 5. The molecule has 0 bridgehead atoms. The first-order chi connectivity index (χ1) is 8.68. The lowest BCUT2D eigenvalue weighted by Crippen LogP contribution is -2.01. The number of ether oxygens (including phenoxy) is 1. The number of nitrogens with zero attached hydrogens (tertiary/aromatic N) is 2. The van der Waals surface area contributed by atoms with Gasteiger partial charge in [-0.15, -0.1) is 0 Å². The van der Waals surface area contributed by atoms with Gasteiger partial charge in [-0.05, 0) is 31.4 Å². The molecule has 1 aromatic heterocycles. The van der Waals surface area contributed by atoms with Crippen LogP contribution in [0, 0.1) is 13.8 Å². The van der Waals surface area contributed by atoms with Crippen LogP contribution in [-0.4, -0.2) is 16.4 Å². The van der Waals surface area contributed by atoms with Crippen molar-refractivity contribution in [1.82, 2.24) is 9.78 Å². The topological polar surface area (TPSA) is 27.1 Å². The van der Waals surface area contributed by atoms with E-state index in [4.69, 9.17) is 4.74 Å². The molecule has 18 heavy (non-hydrogen) atoms. The highest BCUT2D eigenvalue weighted by Crippen LogP contribution is 2.12. The average Bonchev–Trinajstić information content (AvgIpc) is 2.61. The Hall–Kier alpha value is -1.61. The van der Waals surface area contributed by atoms with E-state index in [1.165, 1.54) is 16.8 Å². The first-order valence-electron chi connectivity index (χ1n) is 6.29. The maximum atomic E-state index is 5.71. The monoisotopic (exact) mass is 244 g/mol. The Morgan fingerprint density at radius 1 is 1.17 bits per heavy atom. The van der Waals surface area contributed by atoms with Gasteiger partial charge in [0.2, 0.25) is 0 Å². The van der Waals surface area contributed by atoms with Crippen LogP contribution in [0.2, 0.25) is 0 Å². The molecule has 96 valence electrons. The molecule has 0 amide bonds. The molecule has 0 saturated heterocycles. The summed E-state index contributed by atoms with van der Waals surface area (Å²) in [6.45, 7) is 5.58. The van der Waals surface area contributed by atoms with Crippen molar-refractivity contribution in [3.05, 3.63) is 52.8 Å². The third kappa shape index (κ3) is 2.99. The minimum atomic E-state index is 0.680. The zero-order valence-corrected chi connectivity index (χ0v) is 11.3. The lowest BCUT2D eigenvalue weighted by Gasteiger charge is -2.05. The van der Waals surface area contributed by atoms with E-state index in [9.17, 15) is 0 Å². The summed E-state index contributed by atoms with van der Waals surface area (Å²) in [7, 11) is 1.98. The van der Waals surface area contributed by atoms with E-state index in [1.807, 2.05) is 29.9 Å². The van der Waals surface area contributed by atoms with Crippen molar-refractivity contribution >= 4 is 0 Å². The summed E-state index contributed by atoms with van der Waals surface area (Å²) in [5, 5.41) is 4.41. The highest BCUT2D eigenvalue weighted by atomic mass is 16.5. The van der Waals surface area contributed by atoms with Gasteiger partial charge in [-0.3, -0.25) is 4.68 Å². The summed E-state index contributed by atoms with van der Waals surface area (Å²) in [6.07, 6.45) is 0.929. The van der Waals surface area contributed by atoms with Gasteiger partial charge in [0.05, 0.1) is 18.9 Å². The van der Waals surface area contributed by atoms with E-state index in [2.05, 4.69) is 31.1 Å². The summed E-state index contributed by atoms with van der Waals surface area (Å²) in [5.41, 5.74) is 4.87. The van der Waals surface area contributed by atoms with Crippen LogP contribution in [-0.2, 0) is 24.8 Å². The molecular weight excluding hydrogens is 224 g/mol. The second kappa shape index (κ2) is 5.83. The Kier molecular flexibility index (Phi) is 4.15. The first kappa shape index (κ1) is 12.8. The fourth-order valence-electron chi connectivity index (χ4n) is 2.12. The van der Waals surface area contributed by atoms with Crippen LogP contribution < -0.4 is 0 Å². The van der Waals surface area contributed by atoms with Gasteiger partial charge in [-0.2, -0.15) is 5.10 Å². The van der Waals surface area contributed by atoms with E-state index < -0.39 is 0 Å². The first-order valence-corrected chi connectivity index (χ1v) is 6.29. The summed E-state index contributed by atoms with van der Waals surface area (Å²) in [4.78, 5) is 0. The summed E-state index contributed by atoms with van der Waals surface area (Å²) < 4.78 is 7.64. The van der Waals surface area contributed by atoms with Gasteiger partial charge in [0.1, 0.15) is 0 Å². The van der Waals surface area contributed by atoms with Crippen LogP contribution in [0.1, 0.15) is 22.5 Å². The van der Waals surface area contributed by atoms with Crippen LogP contribution in [0.5, 0.6) is 0 Å². The molecule has 1 aromatic carbocycles. The highest BCUT2D eigenvalue weighted by molar-refractivity contribution is 5.24. The third-order valence-electron chi connectivity index (χ3n) is 3.27. The molecule has 0 aliphatic heterocycles. The maximum absolute atomic E-state index is 5.71. The standard InChI is InChI=1S/C15H20N2O/c1-12-15(13(2)17(3)16-12)9-10-18-11-14-7-5-4-6-8-14/h4-8H,9-11H2,1-3H3. The molecule has 0 fully saturated rings. The second-order valence-corrected chi connectivity index (χ2v) is 4.56.